The van der Waals surface area contributed by atoms with Gasteiger partial charge in [0.05, 0.1) is 0 Å². The molecule has 1 aliphatic carbocycles. The highest BCUT2D eigenvalue weighted by Crippen LogP contribution is 2.40. The maximum atomic E-state index is 11.0. The number of carbonyl (C=O) groups is 1. The smallest absolute Gasteiger partial charge is 0.219 e. The maximum Gasteiger partial charge on any atom is 0.219 e. The van der Waals surface area contributed by atoms with Gasteiger partial charge < -0.3 is 5.32 Å². The zero-order valence-corrected chi connectivity index (χ0v) is 7.55. The molecule has 0 spiro atoms. The summed E-state index contributed by atoms with van der Waals surface area (Å²) in [5, 5.41) is 2.98. The van der Waals surface area contributed by atoms with Crippen molar-refractivity contribution in [1.29, 1.82) is 0 Å². The lowest BCUT2D eigenvalue weighted by atomic mass is 10.2. The third kappa shape index (κ3) is 2.21. The van der Waals surface area contributed by atoms with Gasteiger partial charge in [-0.2, -0.15) is 0 Å². The molecule has 0 heterocycles. The van der Waals surface area contributed by atoms with Gasteiger partial charge in [-0.1, -0.05) is 13.8 Å². The van der Waals surface area contributed by atoms with Gasteiger partial charge in [0.1, 0.15) is 0 Å². The molecule has 0 aliphatic heterocycles. The zero-order chi connectivity index (χ0) is 8.43. The van der Waals surface area contributed by atoms with Crippen molar-refractivity contribution in [3.63, 3.8) is 0 Å². The van der Waals surface area contributed by atoms with E-state index in [0.717, 1.165) is 11.8 Å². The van der Waals surface area contributed by atoms with E-state index in [9.17, 15) is 4.79 Å². The van der Waals surface area contributed by atoms with Crippen molar-refractivity contribution in [2.75, 3.05) is 0 Å². The molecule has 1 rings (SSSR count). The highest BCUT2D eigenvalue weighted by Gasteiger charge is 2.37. The van der Waals surface area contributed by atoms with Crippen molar-refractivity contribution in [1.82, 2.24) is 5.32 Å². The average Bonchev–Trinajstić information content (AvgIpc) is 2.66. The second-order valence-corrected chi connectivity index (χ2v) is 3.59. The second-order valence-electron chi connectivity index (χ2n) is 3.59. The largest absolute Gasteiger partial charge is 0.353 e. The average molecular weight is 155 g/mol. The number of amides is 1. The molecule has 0 bridgehead atoms. The lowest BCUT2D eigenvalue weighted by molar-refractivity contribution is -0.121. The third-order valence-electron chi connectivity index (χ3n) is 2.52. The quantitative estimate of drug-likeness (QED) is 0.658. The molecule has 1 saturated carbocycles. The van der Waals surface area contributed by atoms with Gasteiger partial charge in [-0.3, -0.25) is 4.79 Å². The molecular weight excluding hydrogens is 138 g/mol. The summed E-state index contributed by atoms with van der Waals surface area (Å²) in [4.78, 5) is 11.0. The highest BCUT2D eigenvalue weighted by molar-refractivity contribution is 5.75. The van der Waals surface area contributed by atoms with E-state index in [1.54, 1.807) is 0 Å². The fourth-order valence-corrected chi connectivity index (χ4v) is 1.51. The van der Waals surface area contributed by atoms with Crippen LogP contribution in [0.4, 0.5) is 0 Å². The minimum absolute atomic E-state index is 0.177. The topological polar surface area (TPSA) is 29.1 Å². The maximum absolute atomic E-state index is 11.0. The van der Waals surface area contributed by atoms with Crippen molar-refractivity contribution >= 4 is 5.91 Å². The van der Waals surface area contributed by atoms with Crippen LogP contribution in [0.25, 0.3) is 0 Å². The SMILES string of the molecule is CCC(=O)N[C@H](C)C1C[C@H]1C. The first-order valence-corrected chi connectivity index (χ1v) is 4.44. The van der Waals surface area contributed by atoms with Gasteiger partial charge in [0.25, 0.3) is 0 Å². The van der Waals surface area contributed by atoms with Crippen LogP contribution in [-0.4, -0.2) is 11.9 Å². The van der Waals surface area contributed by atoms with Crippen molar-refractivity contribution in [2.24, 2.45) is 11.8 Å². The Bertz CT molecular complexity index is 156. The fourth-order valence-electron chi connectivity index (χ4n) is 1.51. The molecule has 0 aromatic rings. The molecule has 0 saturated heterocycles. The summed E-state index contributed by atoms with van der Waals surface area (Å²) in [6.07, 6.45) is 1.89. The van der Waals surface area contributed by atoms with Gasteiger partial charge in [0.2, 0.25) is 5.91 Å². The van der Waals surface area contributed by atoms with E-state index in [2.05, 4.69) is 19.2 Å². The number of rotatable bonds is 3. The zero-order valence-electron chi connectivity index (χ0n) is 7.55. The molecule has 1 unspecified atom stereocenters. The Morgan fingerprint density at radius 1 is 1.73 bits per heavy atom. The second kappa shape index (κ2) is 3.24. The van der Waals surface area contributed by atoms with Crippen LogP contribution < -0.4 is 5.32 Å². The van der Waals surface area contributed by atoms with Crippen molar-refractivity contribution in [2.45, 2.75) is 39.7 Å². The predicted molar refractivity (Wildman–Crippen MR) is 45.2 cm³/mol. The number of hydrogen-bond acceptors (Lipinski definition) is 1. The van der Waals surface area contributed by atoms with E-state index in [0.29, 0.717) is 12.5 Å². The van der Waals surface area contributed by atoms with Crippen molar-refractivity contribution in [3.05, 3.63) is 0 Å². The monoisotopic (exact) mass is 155 g/mol. The first-order valence-electron chi connectivity index (χ1n) is 4.44. The summed E-state index contributed by atoms with van der Waals surface area (Å²) in [6.45, 7) is 6.22. The Hall–Kier alpha value is -0.530. The highest BCUT2D eigenvalue weighted by atomic mass is 16.1. The Labute approximate surface area is 68.4 Å². The molecule has 11 heavy (non-hydrogen) atoms. The molecule has 0 aromatic carbocycles. The molecule has 1 amide bonds. The molecule has 1 N–H and O–H groups in total. The van der Waals surface area contributed by atoms with Crippen LogP contribution in [0.2, 0.25) is 0 Å². The summed E-state index contributed by atoms with van der Waals surface area (Å²) in [5.41, 5.74) is 0. The molecule has 0 radical (unpaired) electrons. The van der Waals surface area contributed by atoms with Gasteiger partial charge in [-0.15, -0.1) is 0 Å². The molecule has 1 fully saturated rings. The van der Waals surface area contributed by atoms with E-state index < -0.39 is 0 Å². The minimum Gasteiger partial charge on any atom is -0.353 e. The number of nitrogens with one attached hydrogen (secondary N) is 1. The summed E-state index contributed by atoms with van der Waals surface area (Å²) in [7, 11) is 0. The molecule has 64 valence electrons. The summed E-state index contributed by atoms with van der Waals surface area (Å²) >= 11 is 0. The lowest BCUT2D eigenvalue weighted by Gasteiger charge is -2.11. The van der Waals surface area contributed by atoms with Crippen molar-refractivity contribution < 1.29 is 4.79 Å². The molecule has 1 aliphatic rings. The van der Waals surface area contributed by atoms with E-state index >= 15 is 0 Å². The number of hydrogen-bond donors (Lipinski definition) is 1. The van der Waals surface area contributed by atoms with E-state index in [1.807, 2.05) is 6.92 Å². The van der Waals surface area contributed by atoms with Crippen LogP contribution in [0.3, 0.4) is 0 Å². The van der Waals surface area contributed by atoms with Crippen LogP contribution in [-0.2, 0) is 4.79 Å². The third-order valence-corrected chi connectivity index (χ3v) is 2.52. The van der Waals surface area contributed by atoms with E-state index in [1.165, 1.54) is 6.42 Å². The van der Waals surface area contributed by atoms with Gasteiger partial charge in [-0.25, -0.2) is 0 Å². The Morgan fingerprint density at radius 3 is 2.64 bits per heavy atom. The minimum atomic E-state index is 0.177. The lowest BCUT2D eigenvalue weighted by Crippen LogP contribution is -2.33. The molecule has 2 heteroatoms. The van der Waals surface area contributed by atoms with Gasteiger partial charge in [0.15, 0.2) is 0 Å². The molecule has 3 atom stereocenters. The Morgan fingerprint density at radius 2 is 2.27 bits per heavy atom. The van der Waals surface area contributed by atoms with Crippen LogP contribution in [0.15, 0.2) is 0 Å². The first-order chi connectivity index (χ1) is 5.15. The van der Waals surface area contributed by atoms with Crippen LogP contribution >= 0.6 is 0 Å². The molecule has 0 aromatic heterocycles. The summed E-state index contributed by atoms with van der Waals surface area (Å²) < 4.78 is 0. The van der Waals surface area contributed by atoms with Crippen LogP contribution in [0.5, 0.6) is 0 Å². The van der Waals surface area contributed by atoms with Crippen molar-refractivity contribution in [3.8, 4) is 0 Å². The van der Waals surface area contributed by atoms with E-state index in [-0.39, 0.29) is 5.91 Å². The fraction of sp³-hybridized carbons (Fsp3) is 0.889. The predicted octanol–water partition coefficient (Wildman–Crippen LogP) is 1.56. The van der Waals surface area contributed by atoms with E-state index in [4.69, 9.17) is 0 Å². The van der Waals surface area contributed by atoms with Crippen LogP contribution in [0.1, 0.15) is 33.6 Å². The first kappa shape index (κ1) is 8.57. The molecule has 2 nitrogen and oxygen atoms in total. The van der Waals surface area contributed by atoms with Gasteiger partial charge in [-0.05, 0) is 25.2 Å². The number of carbonyl (C=O) groups excluding carboxylic acids is 1. The summed E-state index contributed by atoms with van der Waals surface area (Å²) in [6, 6.07) is 0.387. The Balaban J connectivity index is 2.21. The van der Waals surface area contributed by atoms with Gasteiger partial charge >= 0.3 is 0 Å². The summed E-state index contributed by atoms with van der Waals surface area (Å²) in [5.74, 6) is 1.74. The van der Waals surface area contributed by atoms with Crippen LogP contribution in [0, 0.1) is 11.8 Å². The molecular formula is C9H17NO. The Kier molecular flexibility index (Phi) is 2.53. The van der Waals surface area contributed by atoms with Gasteiger partial charge in [0, 0.05) is 12.5 Å². The standard InChI is InChI=1S/C9H17NO/c1-4-9(11)10-7(3)8-5-6(8)2/h6-8H,4-5H2,1-3H3,(H,10,11)/t6-,7-,8?/m1/s1. The normalized spacial score (nSPS) is 31.2.